The van der Waals surface area contributed by atoms with Crippen LogP contribution < -0.4 is 5.32 Å². The van der Waals surface area contributed by atoms with Gasteiger partial charge in [-0.1, -0.05) is 24.2 Å². The van der Waals surface area contributed by atoms with Gasteiger partial charge in [0.15, 0.2) is 0 Å². The first-order chi connectivity index (χ1) is 12.1. The largest absolute Gasteiger partial charge is 0.342 e. The van der Waals surface area contributed by atoms with Crippen molar-refractivity contribution in [2.45, 2.75) is 32.2 Å². The van der Waals surface area contributed by atoms with Gasteiger partial charge in [-0.3, -0.25) is 4.79 Å². The summed E-state index contributed by atoms with van der Waals surface area (Å²) >= 11 is 0. The minimum absolute atomic E-state index is 0.0585. The maximum Gasteiger partial charge on any atom is 0.293 e. The summed E-state index contributed by atoms with van der Waals surface area (Å²) in [6.07, 6.45) is 2.42. The van der Waals surface area contributed by atoms with Crippen molar-refractivity contribution in [1.29, 1.82) is 0 Å². The molecule has 9 nitrogen and oxygen atoms in total. The van der Waals surface area contributed by atoms with Crippen molar-refractivity contribution in [3.8, 4) is 11.4 Å². The zero-order valence-electron chi connectivity index (χ0n) is 13.9. The molecule has 1 amide bonds. The molecule has 1 N–H and O–H groups in total. The topological polar surface area (TPSA) is 112 Å². The van der Waals surface area contributed by atoms with E-state index in [1.807, 2.05) is 19.1 Å². The van der Waals surface area contributed by atoms with Crippen LogP contribution in [0.3, 0.4) is 0 Å². The van der Waals surface area contributed by atoms with Gasteiger partial charge in [0.1, 0.15) is 0 Å². The number of fused-ring (bicyclic) bond motifs is 1. The van der Waals surface area contributed by atoms with Crippen molar-refractivity contribution in [3.05, 3.63) is 41.0 Å². The molecule has 25 heavy (non-hydrogen) atoms. The number of carbonyl (C=O) groups is 1. The van der Waals surface area contributed by atoms with E-state index >= 15 is 0 Å². The van der Waals surface area contributed by atoms with Crippen LogP contribution in [0.1, 0.15) is 47.0 Å². The van der Waals surface area contributed by atoms with Gasteiger partial charge in [-0.25, -0.2) is 0 Å². The number of rotatable bonds is 4. The Labute approximate surface area is 143 Å². The van der Waals surface area contributed by atoms with E-state index in [1.165, 1.54) is 10.4 Å². The quantitative estimate of drug-likeness (QED) is 0.761. The summed E-state index contributed by atoms with van der Waals surface area (Å²) in [5, 5.41) is 18.3. The second kappa shape index (κ2) is 6.08. The van der Waals surface area contributed by atoms with Gasteiger partial charge < -0.3 is 9.84 Å². The van der Waals surface area contributed by atoms with E-state index < -0.39 is 0 Å². The normalized spacial score (nSPS) is 16.0. The Kier molecular flexibility index (Phi) is 3.75. The van der Waals surface area contributed by atoms with E-state index in [1.54, 1.807) is 7.05 Å². The maximum absolute atomic E-state index is 12.2. The second-order valence-electron chi connectivity index (χ2n) is 5.95. The van der Waals surface area contributed by atoms with Crippen LogP contribution in [0, 0.1) is 0 Å². The molecule has 2 aromatic heterocycles. The number of nitrogens with one attached hydrogen (secondary N) is 1. The Morgan fingerprint density at radius 2 is 2.32 bits per heavy atom. The Hall–Kier alpha value is -3.10. The van der Waals surface area contributed by atoms with Crippen LogP contribution in [-0.2, 0) is 19.9 Å². The molecule has 128 valence electrons. The van der Waals surface area contributed by atoms with E-state index in [9.17, 15) is 4.79 Å². The molecule has 0 bridgehead atoms. The highest BCUT2D eigenvalue weighted by Gasteiger charge is 2.26. The van der Waals surface area contributed by atoms with Crippen molar-refractivity contribution in [2.24, 2.45) is 7.05 Å². The first-order valence-electron chi connectivity index (χ1n) is 8.14. The second-order valence-corrected chi connectivity index (χ2v) is 5.95. The lowest BCUT2D eigenvalue weighted by Crippen LogP contribution is -2.28. The Morgan fingerprint density at radius 3 is 3.04 bits per heavy atom. The molecule has 0 spiro atoms. The number of hydrogen-bond donors (Lipinski definition) is 1. The van der Waals surface area contributed by atoms with Crippen molar-refractivity contribution < 1.29 is 9.32 Å². The molecule has 0 radical (unpaired) electrons. The van der Waals surface area contributed by atoms with E-state index in [0.717, 1.165) is 24.0 Å². The van der Waals surface area contributed by atoms with Crippen LogP contribution in [0.2, 0.25) is 0 Å². The Morgan fingerprint density at radius 1 is 1.44 bits per heavy atom. The summed E-state index contributed by atoms with van der Waals surface area (Å²) < 4.78 is 5.17. The molecule has 0 unspecified atom stereocenters. The number of aryl methyl sites for hydroxylation is 3. The molecule has 0 saturated carbocycles. The number of amides is 1. The van der Waals surface area contributed by atoms with Gasteiger partial charge in [-0.05, 0) is 35.2 Å². The van der Waals surface area contributed by atoms with Gasteiger partial charge in [0, 0.05) is 12.0 Å². The summed E-state index contributed by atoms with van der Waals surface area (Å²) in [7, 11) is 1.62. The molecule has 1 aliphatic rings. The molecule has 0 saturated heterocycles. The molecule has 9 heteroatoms. The predicted molar refractivity (Wildman–Crippen MR) is 86.4 cm³/mol. The van der Waals surface area contributed by atoms with Gasteiger partial charge >= 0.3 is 0 Å². The van der Waals surface area contributed by atoms with Gasteiger partial charge in [-0.2, -0.15) is 9.78 Å². The minimum Gasteiger partial charge on any atom is -0.342 e. The smallest absolute Gasteiger partial charge is 0.293 e. The molecule has 1 aromatic carbocycles. The third-order valence-corrected chi connectivity index (χ3v) is 4.27. The zero-order valence-corrected chi connectivity index (χ0v) is 13.9. The van der Waals surface area contributed by atoms with E-state index in [4.69, 9.17) is 4.52 Å². The monoisotopic (exact) mass is 339 g/mol. The van der Waals surface area contributed by atoms with Crippen molar-refractivity contribution in [2.75, 3.05) is 0 Å². The van der Waals surface area contributed by atoms with Crippen LogP contribution in [0.4, 0.5) is 0 Å². The fraction of sp³-hybridized carbons (Fsp3) is 0.375. The number of nitrogens with zero attached hydrogens (tertiary/aromatic N) is 6. The summed E-state index contributed by atoms with van der Waals surface area (Å²) in [4.78, 5) is 17.8. The fourth-order valence-corrected chi connectivity index (χ4v) is 3.02. The van der Waals surface area contributed by atoms with Gasteiger partial charge in [0.2, 0.25) is 11.7 Å². The molecule has 3 aromatic rings. The molecule has 4 rings (SSSR count). The average molecular weight is 339 g/mol. The average Bonchev–Trinajstić information content (AvgIpc) is 3.34. The van der Waals surface area contributed by atoms with Crippen LogP contribution in [-0.4, -0.2) is 36.3 Å². The van der Waals surface area contributed by atoms with Crippen molar-refractivity contribution in [1.82, 2.24) is 35.7 Å². The molecule has 0 aliphatic heterocycles. The maximum atomic E-state index is 12.2. The summed E-state index contributed by atoms with van der Waals surface area (Å²) in [5.41, 5.74) is 3.20. The van der Waals surface area contributed by atoms with Crippen LogP contribution in [0.25, 0.3) is 11.4 Å². The minimum atomic E-state index is -0.319. The first kappa shape index (κ1) is 15.4. The molecular formula is C16H17N7O2. The standard InChI is InChI=1S/C16H17N7O2/c1-3-13-18-14(21-25-13)10-4-6-11-9(8-10)5-7-12(11)17-16(24)15-19-22-23(2)20-15/h4,6,8,12H,3,5,7H2,1-2H3,(H,17,24)/t12-/m1/s1. The molecule has 0 fully saturated rings. The fourth-order valence-electron chi connectivity index (χ4n) is 3.02. The highest BCUT2D eigenvalue weighted by atomic mass is 16.5. The molecule has 1 atom stereocenters. The Bertz CT molecular complexity index is 930. The van der Waals surface area contributed by atoms with E-state index in [-0.39, 0.29) is 17.8 Å². The molecule has 1 aliphatic carbocycles. The van der Waals surface area contributed by atoms with Gasteiger partial charge in [0.05, 0.1) is 13.1 Å². The predicted octanol–water partition coefficient (Wildman–Crippen LogP) is 1.24. The van der Waals surface area contributed by atoms with Gasteiger partial charge in [0.25, 0.3) is 11.7 Å². The van der Waals surface area contributed by atoms with Crippen molar-refractivity contribution >= 4 is 5.91 Å². The molecule has 2 heterocycles. The lowest BCUT2D eigenvalue weighted by Gasteiger charge is -2.12. The number of benzene rings is 1. The van der Waals surface area contributed by atoms with Crippen LogP contribution in [0.15, 0.2) is 22.7 Å². The van der Waals surface area contributed by atoms with Crippen LogP contribution in [0.5, 0.6) is 0 Å². The SMILES string of the molecule is CCc1nc(-c2ccc3c(c2)CC[C@H]3NC(=O)c2nnn(C)n2)no1. The zero-order chi connectivity index (χ0) is 17.4. The third kappa shape index (κ3) is 2.88. The van der Waals surface area contributed by atoms with Crippen LogP contribution >= 0.6 is 0 Å². The summed E-state index contributed by atoms with van der Waals surface area (Å²) in [6.45, 7) is 1.97. The molecular weight excluding hydrogens is 322 g/mol. The summed E-state index contributed by atoms with van der Waals surface area (Å²) in [5.74, 6) is 0.972. The van der Waals surface area contributed by atoms with Crippen molar-refractivity contribution in [3.63, 3.8) is 0 Å². The summed E-state index contributed by atoms with van der Waals surface area (Å²) in [6, 6.07) is 5.96. The number of hydrogen-bond acceptors (Lipinski definition) is 7. The lowest BCUT2D eigenvalue weighted by molar-refractivity contribution is 0.0926. The highest BCUT2D eigenvalue weighted by Crippen LogP contribution is 2.33. The Balaban J connectivity index is 1.54. The highest BCUT2D eigenvalue weighted by molar-refractivity contribution is 5.90. The van der Waals surface area contributed by atoms with Gasteiger partial charge in [-0.15, -0.1) is 10.2 Å². The third-order valence-electron chi connectivity index (χ3n) is 4.27. The lowest BCUT2D eigenvalue weighted by atomic mass is 10.0. The number of carbonyl (C=O) groups excluding carboxylic acids is 1. The van der Waals surface area contributed by atoms with E-state index in [2.05, 4.69) is 36.9 Å². The first-order valence-corrected chi connectivity index (χ1v) is 8.14. The number of tetrazole rings is 1. The van der Waals surface area contributed by atoms with E-state index in [0.29, 0.717) is 18.1 Å². The number of aromatic nitrogens is 6.